The van der Waals surface area contributed by atoms with Crippen molar-refractivity contribution in [2.75, 3.05) is 19.6 Å². The maximum absolute atomic E-state index is 12.9. The van der Waals surface area contributed by atoms with Crippen molar-refractivity contribution in [3.8, 4) is 0 Å². The lowest BCUT2D eigenvalue weighted by Crippen LogP contribution is -2.30. The summed E-state index contributed by atoms with van der Waals surface area (Å²) >= 11 is 0. The van der Waals surface area contributed by atoms with Gasteiger partial charge in [-0.05, 0) is 49.6 Å². The Morgan fingerprint density at radius 2 is 1.59 bits per heavy atom. The molecule has 1 heterocycles. The number of likely N-dealkylation sites (tertiary alicyclic amines) is 1. The summed E-state index contributed by atoms with van der Waals surface area (Å²) in [4.78, 5) is 14.6. The first-order valence-corrected chi connectivity index (χ1v) is 10.8. The number of hydrogen-bond acceptors (Lipinski definition) is 3. The third kappa shape index (κ3) is 4.39. The highest BCUT2D eigenvalue weighted by molar-refractivity contribution is 7.89. The Labute approximate surface area is 161 Å². The highest BCUT2D eigenvalue weighted by Crippen LogP contribution is 2.20. The minimum Gasteiger partial charge on any atom is -0.339 e. The van der Waals surface area contributed by atoms with Crippen LogP contribution in [0.3, 0.4) is 0 Å². The molecule has 0 aromatic heterocycles. The van der Waals surface area contributed by atoms with E-state index in [4.69, 9.17) is 0 Å². The highest BCUT2D eigenvalue weighted by atomic mass is 32.2. The molecule has 1 amide bonds. The Hall–Kier alpha value is -2.18. The summed E-state index contributed by atoms with van der Waals surface area (Å²) in [6.45, 7) is 6.06. The van der Waals surface area contributed by atoms with Crippen molar-refractivity contribution in [2.45, 2.75) is 38.1 Å². The van der Waals surface area contributed by atoms with Crippen LogP contribution in [0.4, 0.5) is 0 Å². The standard InChI is InChI=1S/C21H26N2O3S/c1-3-23(27(25,26)20-12-6-17(2)7-13-20)16-18-8-10-19(11-9-18)21(24)22-14-4-5-15-22/h6-13H,3-5,14-16H2,1-2H3. The van der Waals surface area contributed by atoms with Gasteiger partial charge >= 0.3 is 0 Å². The predicted octanol–water partition coefficient (Wildman–Crippen LogP) is 3.44. The quantitative estimate of drug-likeness (QED) is 0.764. The van der Waals surface area contributed by atoms with E-state index in [1.165, 1.54) is 4.31 Å². The fourth-order valence-corrected chi connectivity index (χ4v) is 4.72. The van der Waals surface area contributed by atoms with E-state index in [0.717, 1.165) is 37.1 Å². The molecule has 0 spiro atoms. The van der Waals surface area contributed by atoms with Gasteiger partial charge in [0, 0.05) is 31.7 Å². The first-order valence-electron chi connectivity index (χ1n) is 9.37. The normalized spacial score (nSPS) is 14.7. The molecule has 27 heavy (non-hydrogen) atoms. The van der Waals surface area contributed by atoms with Gasteiger partial charge in [0.2, 0.25) is 10.0 Å². The smallest absolute Gasteiger partial charge is 0.253 e. The van der Waals surface area contributed by atoms with Crippen LogP contribution >= 0.6 is 0 Å². The molecule has 0 radical (unpaired) electrons. The summed E-state index contributed by atoms with van der Waals surface area (Å²) in [5, 5.41) is 0. The topological polar surface area (TPSA) is 57.7 Å². The molecule has 2 aromatic carbocycles. The summed E-state index contributed by atoms with van der Waals surface area (Å²) < 4.78 is 27.2. The van der Waals surface area contributed by atoms with Crippen molar-refractivity contribution in [3.63, 3.8) is 0 Å². The molecular weight excluding hydrogens is 360 g/mol. The lowest BCUT2D eigenvalue weighted by Gasteiger charge is -2.21. The van der Waals surface area contributed by atoms with Crippen LogP contribution in [0.25, 0.3) is 0 Å². The number of nitrogens with zero attached hydrogens (tertiary/aromatic N) is 2. The lowest BCUT2D eigenvalue weighted by atomic mass is 10.1. The van der Waals surface area contributed by atoms with Crippen molar-refractivity contribution < 1.29 is 13.2 Å². The second-order valence-corrected chi connectivity index (χ2v) is 8.88. The Kier molecular flexibility index (Phi) is 5.97. The number of benzene rings is 2. The Balaban J connectivity index is 1.74. The summed E-state index contributed by atoms with van der Waals surface area (Å²) in [7, 11) is -3.55. The molecule has 0 saturated carbocycles. The molecule has 0 aliphatic carbocycles. The van der Waals surface area contributed by atoms with Crippen molar-refractivity contribution in [3.05, 3.63) is 65.2 Å². The molecule has 2 aromatic rings. The molecule has 3 rings (SSSR count). The van der Waals surface area contributed by atoms with E-state index < -0.39 is 10.0 Å². The number of carbonyl (C=O) groups is 1. The summed E-state index contributed by atoms with van der Waals surface area (Å²) in [5.41, 5.74) is 2.55. The minimum absolute atomic E-state index is 0.0543. The van der Waals surface area contributed by atoms with Crippen molar-refractivity contribution in [1.29, 1.82) is 0 Å². The van der Waals surface area contributed by atoms with Gasteiger partial charge in [0.05, 0.1) is 4.90 Å². The van der Waals surface area contributed by atoms with Gasteiger partial charge in [-0.2, -0.15) is 4.31 Å². The zero-order chi connectivity index (χ0) is 19.4. The first kappa shape index (κ1) is 19.6. The van der Waals surface area contributed by atoms with Gasteiger partial charge in [0.25, 0.3) is 5.91 Å². The van der Waals surface area contributed by atoms with Crippen LogP contribution < -0.4 is 0 Å². The van der Waals surface area contributed by atoms with E-state index >= 15 is 0 Å². The average molecular weight is 387 g/mol. The Morgan fingerprint density at radius 3 is 2.15 bits per heavy atom. The average Bonchev–Trinajstić information content (AvgIpc) is 3.21. The molecule has 1 aliphatic rings. The van der Waals surface area contributed by atoms with Gasteiger partial charge in [-0.25, -0.2) is 8.42 Å². The molecule has 144 valence electrons. The van der Waals surface area contributed by atoms with Gasteiger partial charge < -0.3 is 4.90 Å². The monoisotopic (exact) mass is 386 g/mol. The number of hydrogen-bond donors (Lipinski definition) is 0. The second kappa shape index (κ2) is 8.23. The van der Waals surface area contributed by atoms with E-state index in [9.17, 15) is 13.2 Å². The Bertz CT molecular complexity index is 884. The SMILES string of the molecule is CCN(Cc1ccc(C(=O)N2CCCC2)cc1)S(=O)(=O)c1ccc(C)cc1. The number of rotatable bonds is 6. The van der Waals surface area contributed by atoms with E-state index in [2.05, 4.69) is 0 Å². The molecule has 1 aliphatic heterocycles. The number of aryl methyl sites for hydroxylation is 1. The van der Waals surface area contributed by atoms with Crippen molar-refractivity contribution in [1.82, 2.24) is 9.21 Å². The van der Waals surface area contributed by atoms with E-state index in [0.29, 0.717) is 17.0 Å². The first-order chi connectivity index (χ1) is 12.9. The van der Waals surface area contributed by atoms with Crippen LogP contribution in [0.1, 0.15) is 41.3 Å². The summed E-state index contributed by atoms with van der Waals surface area (Å²) in [6.07, 6.45) is 2.12. The van der Waals surface area contributed by atoms with Crippen LogP contribution in [0.15, 0.2) is 53.4 Å². The van der Waals surface area contributed by atoms with Gasteiger partial charge in [0.1, 0.15) is 0 Å². The predicted molar refractivity (Wildman–Crippen MR) is 106 cm³/mol. The van der Waals surface area contributed by atoms with E-state index in [-0.39, 0.29) is 12.5 Å². The van der Waals surface area contributed by atoms with Crippen LogP contribution in [0.2, 0.25) is 0 Å². The van der Waals surface area contributed by atoms with Crippen LogP contribution in [0.5, 0.6) is 0 Å². The summed E-state index contributed by atoms with van der Waals surface area (Å²) in [5.74, 6) is 0.0543. The molecule has 0 bridgehead atoms. The molecule has 1 fully saturated rings. The van der Waals surface area contributed by atoms with E-state index in [1.807, 2.05) is 30.9 Å². The van der Waals surface area contributed by atoms with Crippen LogP contribution in [-0.4, -0.2) is 43.2 Å². The largest absolute Gasteiger partial charge is 0.339 e. The van der Waals surface area contributed by atoms with Gasteiger partial charge in [0.15, 0.2) is 0 Å². The molecule has 5 nitrogen and oxygen atoms in total. The van der Waals surface area contributed by atoms with Crippen LogP contribution in [0, 0.1) is 6.92 Å². The molecule has 0 atom stereocenters. The highest BCUT2D eigenvalue weighted by Gasteiger charge is 2.23. The number of carbonyl (C=O) groups excluding carboxylic acids is 1. The maximum Gasteiger partial charge on any atom is 0.253 e. The maximum atomic E-state index is 12.9. The third-order valence-electron chi connectivity index (χ3n) is 4.96. The Morgan fingerprint density at radius 1 is 1.00 bits per heavy atom. The lowest BCUT2D eigenvalue weighted by molar-refractivity contribution is 0.0793. The van der Waals surface area contributed by atoms with E-state index in [1.54, 1.807) is 36.4 Å². The third-order valence-corrected chi connectivity index (χ3v) is 6.90. The number of amides is 1. The fraction of sp³-hybridized carbons (Fsp3) is 0.381. The fourth-order valence-electron chi connectivity index (χ4n) is 3.29. The zero-order valence-electron chi connectivity index (χ0n) is 15.9. The minimum atomic E-state index is -3.55. The molecular formula is C21H26N2O3S. The second-order valence-electron chi connectivity index (χ2n) is 6.94. The molecule has 0 N–H and O–H groups in total. The van der Waals surface area contributed by atoms with Gasteiger partial charge in [-0.1, -0.05) is 36.8 Å². The van der Waals surface area contributed by atoms with Gasteiger partial charge in [-0.3, -0.25) is 4.79 Å². The van der Waals surface area contributed by atoms with Crippen molar-refractivity contribution >= 4 is 15.9 Å². The van der Waals surface area contributed by atoms with Crippen LogP contribution in [-0.2, 0) is 16.6 Å². The van der Waals surface area contributed by atoms with Crippen molar-refractivity contribution in [2.24, 2.45) is 0 Å². The van der Waals surface area contributed by atoms with Gasteiger partial charge in [-0.15, -0.1) is 0 Å². The summed E-state index contributed by atoms with van der Waals surface area (Å²) in [6, 6.07) is 14.2. The molecule has 6 heteroatoms. The number of sulfonamides is 1. The molecule has 0 unspecified atom stereocenters. The zero-order valence-corrected chi connectivity index (χ0v) is 16.7. The molecule has 1 saturated heterocycles.